The van der Waals surface area contributed by atoms with Gasteiger partial charge in [0.1, 0.15) is 5.69 Å². The van der Waals surface area contributed by atoms with Gasteiger partial charge in [0.05, 0.1) is 5.39 Å². The van der Waals surface area contributed by atoms with Crippen molar-refractivity contribution in [2.75, 3.05) is 18.4 Å². The van der Waals surface area contributed by atoms with Crippen molar-refractivity contribution in [3.63, 3.8) is 0 Å². The molecule has 3 aromatic rings. The molecular formula is C19H23ClN4O. The number of H-pyrrole nitrogens is 1. The van der Waals surface area contributed by atoms with Crippen molar-refractivity contribution in [2.45, 2.75) is 19.3 Å². The van der Waals surface area contributed by atoms with Gasteiger partial charge in [0, 0.05) is 23.2 Å². The van der Waals surface area contributed by atoms with Crippen LogP contribution in [0.25, 0.3) is 22.0 Å². The second kappa shape index (κ2) is 9.20. The van der Waals surface area contributed by atoms with Gasteiger partial charge >= 0.3 is 0 Å². The van der Waals surface area contributed by atoms with Gasteiger partial charge in [0.15, 0.2) is 0 Å². The Balaban J connectivity index is 0.00000225. The lowest BCUT2D eigenvalue weighted by Gasteiger charge is -2.13. The first-order valence-corrected chi connectivity index (χ1v) is 8.32. The minimum atomic E-state index is -0.165. The number of hydrogen-bond donors (Lipinski definition) is 3. The lowest BCUT2D eigenvalue weighted by molar-refractivity contribution is 0.707. The lowest BCUT2D eigenvalue weighted by atomic mass is 10.0. The Labute approximate surface area is 153 Å². The van der Waals surface area contributed by atoms with E-state index >= 15 is 0 Å². The predicted octanol–water partition coefficient (Wildman–Crippen LogP) is 3.55. The molecule has 0 bridgehead atoms. The van der Waals surface area contributed by atoms with Crippen molar-refractivity contribution >= 4 is 28.9 Å². The van der Waals surface area contributed by atoms with Crippen LogP contribution in [0.1, 0.15) is 19.3 Å². The minimum absolute atomic E-state index is 0. The van der Waals surface area contributed by atoms with Gasteiger partial charge in [0.2, 0.25) is 0 Å². The molecule has 5 nitrogen and oxygen atoms in total. The van der Waals surface area contributed by atoms with Crippen molar-refractivity contribution in [3.8, 4) is 11.3 Å². The standard InChI is InChI=1S/C19H22N4O.ClH/c20-12-6-1-7-13-21-17-11-5-4-10-16(17)18-14-8-2-3-9-15(14)19(24)23-22-18;/h2-5,8-11,21H,1,6-7,12-13,20H2,(H,23,24);1H. The molecule has 0 spiro atoms. The second-order valence-electron chi connectivity index (χ2n) is 5.77. The van der Waals surface area contributed by atoms with Gasteiger partial charge < -0.3 is 11.1 Å². The van der Waals surface area contributed by atoms with Gasteiger partial charge in [-0.25, -0.2) is 5.10 Å². The topological polar surface area (TPSA) is 83.8 Å². The fourth-order valence-electron chi connectivity index (χ4n) is 2.83. The minimum Gasteiger partial charge on any atom is -0.384 e. The average Bonchev–Trinajstić information content (AvgIpc) is 2.63. The summed E-state index contributed by atoms with van der Waals surface area (Å²) in [5, 5.41) is 11.9. The fourth-order valence-corrected chi connectivity index (χ4v) is 2.83. The zero-order valence-electron chi connectivity index (χ0n) is 14.0. The third-order valence-corrected chi connectivity index (χ3v) is 4.07. The number of anilines is 1. The average molecular weight is 359 g/mol. The SMILES string of the molecule is Cl.NCCCCCNc1ccccc1-c1n[nH]c(=O)c2ccccc12. The molecule has 132 valence electrons. The van der Waals surface area contributed by atoms with E-state index < -0.39 is 0 Å². The lowest BCUT2D eigenvalue weighted by Crippen LogP contribution is -2.10. The van der Waals surface area contributed by atoms with E-state index in [1.54, 1.807) is 0 Å². The highest BCUT2D eigenvalue weighted by Crippen LogP contribution is 2.30. The van der Waals surface area contributed by atoms with E-state index in [4.69, 9.17) is 5.73 Å². The quantitative estimate of drug-likeness (QED) is 0.564. The summed E-state index contributed by atoms with van der Waals surface area (Å²) in [5.74, 6) is 0. The first-order valence-electron chi connectivity index (χ1n) is 8.32. The fraction of sp³-hybridized carbons (Fsp3) is 0.263. The molecule has 1 aromatic heterocycles. The Morgan fingerprint density at radius 2 is 1.68 bits per heavy atom. The van der Waals surface area contributed by atoms with E-state index in [9.17, 15) is 4.79 Å². The van der Waals surface area contributed by atoms with Crippen molar-refractivity contribution in [3.05, 3.63) is 58.9 Å². The molecule has 25 heavy (non-hydrogen) atoms. The summed E-state index contributed by atoms with van der Waals surface area (Å²) in [6.07, 6.45) is 3.24. The van der Waals surface area contributed by atoms with E-state index in [1.165, 1.54) is 0 Å². The summed E-state index contributed by atoms with van der Waals surface area (Å²) in [4.78, 5) is 12.0. The van der Waals surface area contributed by atoms with E-state index in [-0.39, 0.29) is 18.0 Å². The number of nitrogens with one attached hydrogen (secondary N) is 2. The summed E-state index contributed by atoms with van der Waals surface area (Å²) >= 11 is 0. The molecule has 3 rings (SSSR count). The van der Waals surface area contributed by atoms with Crippen LogP contribution in [0.5, 0.6) is 0 Å². The number of rotatable bonds is 7. The van der Waals surface area contributed by atoms with E-state index in [0.717, 1.165) is 54.7 Å². The van der Waals surface area contributed by atoms with Gasteiger partial charge in [-0.3, -0.25) is 4.79 Å². The number of nitrogens with zero attached hydrogens (tertiary/aromatic N) is 1. The number of benzene rings is 2. The van der Waals surface area contributed by atoms with Crippen LogP contribution in [0.15, 0.2) is 53.3 Å². The van der Waals surface area contributed by atoms with Crippen LogP contribution < -0.4 is 16.6 Å². The molecular weight excluding hydrogens is 336 g/mol. The number of para-hydroxylation sites is 1. The van der Waals surface area contributed by atoms with Crippen LogP contribution in [0, 0.1) is 0 Å². The molecule has 0 aliphatic rings. The molecule has 0 saturated heterocycles. The van der Waals surface area contributed by atoms with E-state index in [0.29, 0.717) is 5.39 Å². The molecule has 0 fully saturated rings. The highest BCUT2D eigenvalue weighted by atomic mass is 35.5. The molecule has 0 radical (unpaired) electrons. The van der Waals surface area contributed by atoms with Crippen molar-refractivity contribution < 1.29 is 0 Å². The van der Waals surface area contributed by atoms with Crippen molar-refractivity contribution in [1.82, 2.24) is 10.2 Å². The van der Waals surface area contributed by atoms with Crippen LogP contribution in [-0.2, 0) is 0 Å². The number of fused-ring (bicyclic) bond motifs is 1. The summed E-state index contributed by atoms with van der Waals surface area (Å²) in [6.45, 7) is 1.63. The third-order valence-electron chi connectivity index (χ3n) is 4.07. The predicted molar refractivity (Wildman–Crippen MR) is 106 cm³/mol. The molecule has 4 N–H and O–H groups in total. The smallest absolute Gasteiger partial charge is 0.272 e. The number of aromatic amines is 1. The molecule has 1 heterocycles. The molecule has 0 saturated carbocycles. The van der Waals surface area contributed by atoms with E-state index in [2.05, 4.69) is 15.5 Å². The summed E-state index contributed by atoms with van der Waals surface area (Å²) in [5.41, 5.74) is 8.16. The largest absolute Gasteiger partial charge is 0.384 e. The second-order valence-corrected chi connectivity index (χ2v) is 5.77. The van der Waals surface area contributed by atoms with Gasteiger partial charge in [-0.15, -0.1) is 12.4 Å². The number of nitrogens with two attached hydrogens (primary N) is 1. The number of hydrogen-bond acceptors (Lipinski definition) is 4. The molecule has 0 aliphatic heterocycles. The zero-order chi connectivity index (χ0) is 16.8. The maximum Gasteiger partial charge on any atom is 0.272 e. The number of unbranched alkanes of at least 4 members (excludes halogenated alkanes) is 2. The molecule has 2 aromatic carbocycles. The van der Waals surface area contributed by atoms with Gasteiger partial charge in [-0.2, -0.15) is 5.10 Å². The Kier molecular flexibility index (Phi) is 6.98. The number of aromatic nitrogens is 2. The third kappa shape index (κ3) is 4.38. The van der Waals surface area contributed by atoms with Gasteiger partial charge in [0.25, 0.3) is 5.56 Å². The Morgan fingerprint density at radius 3 is 2.48 bits per heavy atom. The molecule has 6 heteroatoms. The zero-order valence-corrected chi connectivity index (χ0v) is 14.8. The summed E-state index contributed by atoms with van der Waals surface area (Å²) in [6, 6.07) is 15.6. The van der Waals surface area contributed by atoms with Crippen LogP contribution in [0.4, 0.5) is 5.69 Å². The molecule has 0 atom stereocenters. The van der Waals surface area contributed by atoms with Crippen LogP contribution in [0.2, 0.25) is 0 Å². The summed E-state index contributed by atoms with van der Waals surface area (Å²) < 4.78 is 0. The normalized spacial score (nSPS) is 10.4. The van der Waals surface area contributed by atoms with Gasteiger partial charge in [-0.05, 0) is 31.5 Å². The molecule has 0 aliphatic carbocycles. The Hall–Kier alpha value is -2.37. The van der Waals surface area contributed by atoms with Crippen LogP contribution >= 0.6 is 12.4 Å². The molecule has 0 amide bonds. The first kappa shape index (κ1) is 19.0. The number of halogens is 1. The monoisotopic (exact) mass is 358 g/mol. The maximum atomic E-state index is 12.0. The van der Waals surface area contributed by atoms with Crippen molar-refractivity contribution in [1.29, 1.82) is 0 Å². The Bertz CT molecular complexity index is 878. The van der Waals surface area contributed by atoms with Crippen molar-refractivity contribution in [2.24, 2.45) is 5.73 Å². The maximum absolute atomic E-state index is 12.0. The summed E-state index contributed by atoms with van der Waals surface area (Å²) in [7, 11) is 0. The highest BCUT2D eigenvalue weighted by Gasteiger charge is 2.11. The molecule has 0 unspecified atom stereocenters. The van der Waals surface area contributed by atoms with Crippen LogP contribution in [-0.4, -0.2) is 23.3 Å². The Morgan fingerprint density at radius 1 is 0.960 bits per heavy atom. The van der Waals surface area contributed by atoms with E-state index in [1.807, 2.05) is 48.5 Å². The van der Waals surface area contributed by atoms with Gasteiger partial charge in [-0.1, -0.05) is 42.8 Å². The highest BCUT2D eigenvalue weighted by molar-refractivity contribution is 5.96. The van der Waals surface area contributed by atoms with Crippen LogP contribution in [0.3, 0.4) is 0 Å². The first-order chi connectivity index (χ1) is 11.8.